The maximum atomic E-state index is 12.0. The zero-order valence-electron chi connectivity index (χ0n) is 14.2. The Labute approximate surface area is 146 Å². The summed E-state index contributed by atoms with van der Waals surface area (Å²) >= 11 is 5.94. The molecule has 1 aromatic heterocycles. The Hall–Kier alpha value is -2.15. The summed E-state index contributed by atoms with van der Waals surface area (Å²) in [4.78, 5) is 39.1. The fourth-order valence-electron chi connectivity index (χ4n) is 1.92. The van der Waals surface area contributed by atoms with E-state index in [1.165, 1.54) is 0 Å². The van der Waals surface area contributed by atoms with E-state index in [1.807, 2.05) is 13.8 Å². The quantitative estimate of drug-likeness (QED) is 0.603. The minimum Gasteiger partial charge on any atom is -0.452 e. The normalized spacial score (nSPS) is 10.4. The van der Waals surface area contributed by atoms with Crippen LogP contribution in [-0.2, 0) is 9.53 Å². The molecule has 0 radical (unpaired) electrons. The van der Waals surface area contributed by atoms with Gasteiger partial charge in [-0.15, -0.1) is 0 Å². The van der Waals surface area contributed by atoms with Crippen LogP contribution >= 0.6 is 11.6 Å². The summed E-state index contributed by atoms with van der Waals surface area (Å²) in [6.07, 6.45) is 0.800. The van der Waals surface area contributed by atoms with Crippen molar-refractivity contribution in [3.05, 3.63) is 28.0 Å². The van der Waals surface area contributed by atoms with Crippen LogP contribution in [0.15, 0.2) is 6.07 Å². The van der Waals surface area contributed by atoms with Gasteiger partial charge in [-0.25, -0.2) is 14.6 Å². The Morgan fingerprint density at radius 2 is 1.96 bits per heavy atom. The Kier molecular flexibility index (Phi) is 7.64. The van der Waals surface area contributed by atoms with Crippen LogP contribution in [0.25, 0.3) is 0 Å². The third-order valence-corrected chi connectivity index (χ3v) is 3.37. The van der Waals surface area contributed by atoms with E-state index < -0.39 is 24.5 Å². The molecule has 0 aliphatic heterocycles. The van der Waals surface area contributed by atoms with Crippen molar-refractivity contribution in [2.24, 2.45) is 5.92 Å². The number of imide groups is 1. The molecule has 0 bridgehead atoms. The monoisotopic (exact) mass is 355 g/mol. The van der Waals surface area contributed by atoms with Crippen LogP contribution in [0.5, 0.6) is 0 Å². The average molecular weight is 356 g/mol. The van der Waals surface area contributed by atoms with E-state index >= 15 is 0 Å². The highest BCUT2D eigenvalue weighted by molar-refractivity contribution is 6.32. The maximum Gasteiger partial charge on any atom is 0.342 e. The Morgan fingerprint density at radius 3 is 2.54 bits per heavy atom. The first-order valence-electron chi connectivity index (χ1n) is 7.59. The fraction of sp³-hybridized carbons (Fsp3) is 0.500. The number of aryl methyl sites for hydroxylation is 2. The molecule has 132 valence electrons. The molecule has 0 spiro atoms. The number of amides is 3. The first kappa shape index (κ1) is 19.9. The van der Waals surface area contributed by atoms with E-state index in [9.17, 15) is 14.4 Å². The zero-order valence-corrected chi connectivity index (χ0v) is 15.0. The van der Waals surface area contributed by atoms with Crippen molar-refractivity contribution in [3.8, 4) is 0 Å². The van der Waals surface area contributed by atoms with Crippen molar-refractivity contribution in [2.75, 3.05) is 13.2 Å². The second kappa shape index (κ2) is 9.22. The first-order valence-corrected chi connectivity index (χ1v) is 7.97. The molecule has 1 rings (SSSR count). The summed E-state index contributed by atoms with van der Waals surface area (Å²) in [6.45, 7) is 7.37. The number of rotatable bonds is 6. The van der Waals surface area contributed by atoms with Gasteiger partial charge in [0.25, 0.3) is 5.91 Å². The van der Waals surface area contributed by atoms with Gasteiger partial charge >= 0.3 is 12.0 Å². The number of hydrogen-bond donors (Lipinski definition) is 2. The van der Waals surface area contributed by atoms with E-state index in [2.05, 4.69) is 15.6 Å². The molecule has 24 heavy (non-hydrogen) atoms. The van der Waals surface area contributed by atoms with Gasteiger partial charge in [0.05, 0.1) is 5.56 Å². The number of hydrogen-bond acceptors (Lipinski definition) is 5. The minimum atomic E-state index is -0.764. The third kappa shape index (κ3) is 6.54. The SMILES string of the molecule is Cc1cc(C)c(C(=O)OCC(=O)NC(=O)NCCC(C)C)c(Cl)n1. The van der Waals surface area contributed by atoms with Crippen LogP contribution in [-0.4, -0.2) is 36.0 Å². The molecule has 7 nitrogen and oxygen atoms in total. The van der Waals surface area contributed by atoms with E-state index in [0.29, 0.717) is 23.7 Å². The number of ether oxygens (including phenoxy) is 1. The Balaban J connectivity index is 2.47. The van der Waals surface area contributed by atoms with Crippen molar-refractivity contribution in [1.29, 1.82) is 0 Å². The van der Waals surface area contributed by atoms with Crippen LogP contribution < -0.4 is 10.6 Å². The van der Waals surface area contributed by atoms with Gasteiger partial charge in [0.1, 0.15) is 5.15 Å². The number of carbonyl (C=O) groups excluding carboxylic acids is 3. The van der Waals surface area contributed by atoms with Gasteiger partial charge in [-0.1, -0.05) is 25.4 Å². The van der Waals surface area contributed by atoms with Gasteiger partial charge in [-0.3, -0.25) is 10.1 Å². The maximum absolute atomic E-state index is 12.0. The summed E-state index contributed by atoms with van der Waals surface area (Å²) in [5, 5.41) is 4.65. The largest absolute Gasteiger partial charge is 0.452 e. The van der Waals surface area contributed by atoms with E-state index in [1.54, 1.807) is 19.9 Å². The highest BCUT2D eigenvalue weighted by atomic mass is 35.5. The predicted octanol–water partition coefficient (Wildman–Crippen LogP) is 2.38. The minimum absolute atomic E-state index is 0.0179. The van der Waals surface area contributed by atoms with E-state index in [4.69, 9.17) is 16.3 Å². The summed E-state index contributed by atoms with van der Waals surface area (Å²) in [5.41, 5.74) is 1.38. The highest BCUT2D eigenvalue weighted by Crippen LogP contribution is 2.19. The Morgan fingerprint density at radius 1 is 1.29 bits per heavy atom. The van der Waals surface area contributed by atoms with E-state index in [-0.39, 0.29) is 10.7 Å². The summed E-state index contributed by atoms with van der Waals surface area (Å²) in [7, 11) is 0. The second-order valence-corrected chi connectivity index (χ2v) is 6.17. The van der Waals surface area contributed by atoms with Crippen LogP contribution in [0.1, 0.15) is 41.9 Å². The Bertz CT molecular complexity index is 609. The van der Waals surface area contributed by atoms with Gasteiger partial charge < -0.3 is 10.1 Å². The highest BCUT2D eigenvalue weighted by Gasteiger charge is 2.18. The number of carbonyl (C=O) groups is 3. The van der Waals surface area contributed by atoms with Crippen molar-refractivity contribution < 1.29 is 19.1 Å². The molecule has 0 aliphatic rings. The van der Waals surface area contributed by atoms with Crippen molar-refractivity contribution >= 4 is 29.5 Å². The van der Waals surface area contributed by atoms with Crippen molar-refractivity contribution in [1.82, 2.24) is 15.6 Å². The van der Waals surface area contributed by atoms with Gasteiger partial charge in [0.15, 0.2) is 6.61 Å². The standard InChI is InChI=1S/C16H22ClN3O4/c1-9(2)5-6-18-16(23)20-12(21)8-24-15(22)13-10(3)7-11(4)19-14(13)17/h7,9H,5-6,8H2,1-4H3,(H2,18,20,21,23). The number of aromatic nitrogens is 1. The number of urea groups is 1. The first-order chi connectivity index (χ1) is 11.2. The summed E-state index contributed by atoms with van der Waals surface area (Å²) < 4.78 is 4.88. The fourth-order valence-corrected chi connectivity index (χ4v) is 2.28. The lowest BCUT2D eigenvalue weighted by molar-refractivity contribution is -0.123. The number of esters is 1. The molecule has 0 atom stereocenters. The smallest absolute Gasteiger partial charge is 0.342 e. The number of pyridine rings is 1. The lowest BCUT2D eigenvalue weighted by Crippen LogP contribution is -2.42. The van der Waals surface area contributed by atoms with Crippen LogP contribution in [0.4, 0.5) is 4.79 Å². The molecule has 0 aromatic carbocycles. The molecular weight excluding hydrogens is 334 g/mol. The molecule has 0 saturated carbocycles. The molecule has 8 heteroatoms. The van der Waals surface area contributed by atoms with Gasteiger partial charge in [0, 0.05) is 12.2 Å². The predicted molar refractivity (Wildman–Crippen MR) is 90.0 cm³/mol. The van der Waals surface area contributed by atoms with Crippen LogP contribution in [0.2, 0.25) is 5.15 Å². The molecule has 0 fully saturated rings. The van der Waals surface area contributed by atoms with Gasteiger partial charge in [0.2, 0.25) is 0 Å². The average Bonchev–Trinajstić information content (AvgIpc) is 2.43. The molecular formula is C16H22ClN3O4. The molecule has 1 aromatic rings. The summed E-state index contributed by atoms with van der Waals surface area (Å²) in [5.74, 6) is -1.04. The van der Waals surface area contributed by atoms with Gasteiger partial charge in [-0.05, 0) is 37.8 Å². The zero-order chi connectivity index (χ0) is 18.3. The summed E-state index contributed by atoms with van der Waals surface area (Å²) in [6, 6.07) is 1.06. The van der Waals surface area contributed by atoms with E-state index in [0.717, 1.165) is 6.42 Å². The second-order valence-electron chi connectivity index (χ2n) is 5.81. The molecule has 2 N–H and O–H groups in total. The number of nitrogens with zero attached hydrogens (tertiary/aromatic N) is 1. The van der Waals surface area contributed by atoms with Crippen LogP contribution in [0.3, 0.4) is 0 Å². The van der Waals surface area contributed by atoms with Crippen LogP contribution in [0, 0.1) is 19.8 Å². The number of nitrogens with one attached hydrogen (secondary N) is 2. The number of halogens is 1. The molecule has 0 aliphatic carbocycles. The topological polar surface area (TPSA) is 97.4 Å². The van der Waals surface area contributed by atoms with Gasteiger partial charge in [-0.2, -0.15) is 0 Å². The van der Waals surface area contributed by atoms with Crippen molar-refractivity contribution in [2.45, 2.75) is 34.1 Å². The molecule has 0 saturated heterocycles. The van der Waals surface area contributed by atoms with Crippen molar-refractivity contribution in [3.63, 3.8) is 0 Å². The lowest BCUT2D eigenvalue weighted by atomic mass is 10.1. The lowest BCUT2D eigenvalue weighted by Gasteiger charge is -2.10. The molecule has 1 heterocycles. The molecule has 0 unspecified atom stereocenters. The third-order valence-electron chi connectivity index (χ3n) is 3.10. The molecule has 3 amide bonds.